The molecule has 4 nitrogen and oxygen atoms in total. The van der Waals surface area contributed by atoms with Crippen LogP contribution in [0.4, 0.5) is 16.2 Å². The molecule has 1 saturated heterocycles. The summed E-state index contributed by atoms with van der Waals surface area (Å²) in [7, 11) is 0. The van der Waals surface area contributed by atoms with E-state index in [1.165, 1.54) is 0 Å². The normalized spacial score (nSPS) is 17.2. The lowest BCUT2D eigenvalue weighted by Gasteiger charge is -2.24. The number of hydrogen-bond donors (Lipinski definition) is 1. The van der Waals surface area contributed by atoms with Crippen LogP contribution in [0.2, 0.25) is 0 Å². The quantitative estimate of drug-likeness (QED) is 0.934. The van der Waals surface area contributed by atoms with E-state index in [9.17, 15) is 4.79 Å². The fourth-order valence-corrected chi connectivity index (χ4v) is 2.62. The molecule has 22 heavy (non-hydrogen) atoms. The van der Waals surface area contributed by atoms with E-state index in [4.69, 9.17) is 4.74 Å². The Morgan fingerprint density at radius 3 is 2.14 bits per heavy atom. The third-order valence-corrected chi connectivity index (χ3v) is 3.74. The van der Waals surface area contributed by atoms with Crippen LogP contribution >= 0.6 is 0 Å². The van der Waals surface area contributed by atoms with Crippen molar-refractivity contribution >= 4 is 17.4 Å². The Labute approximate surface area is 130 Å². The summed E-state index contributed by atoms with van der Waals surface area (Å²) in [5.74, 6) is 0. The number of rotatable bonds is 4. The van der Waals surface area contributed by atoms with Crippen molar-refractivity contribution in [2.75, 3.05) is 18.1 Å². The highest BCUT2D eigenvalue weighted by Crippen LogP contribution is 2.25. The summed E-state index contributed by atoms with van der Waals surface area (Å²) in [6.45, 7) is 1.34. The van der Waals surface area contributed by atoms with E-state index in [0.717, 1.165) is 30.8 Å². The Balaban J connectivity index is 1.77. The average Bonchev–Trinajstić information content (AvgIpc) is 3.09. The summed E-state index contributed by atoms with van der Waals surface area (Å²) in [6.07, 6.45) is 2.22. The number of para-hydroxylation sites is 2. The first-order valence-electron chi connectivity index (χ1n) is 7.64. The molecule has 0 aliphatic carbocycles. The van der Waals surface area contributed by atoms with Crippen LogP contribution in [-0.2, 0) is 4.74 Å². The van der Waals surface area contributed by atoms with Crippen molar-refractivity contribution in [1.82, 2.24) is 5.32 Å². The first-order chi connectivity index (χ1) is 10.8. The molecule has 2 aromatic carbocycles. The summed E-state index contributed by atoms with van der Waals surface area (Å²) in [6, 6.07) is 19.2. The number of amides is 2. The van der Waals surface area contributed by atoms with Crippen molar-refractivity contribution in [3.63, 3.8) is 0 Å². The molecular formula is C18H20N2O2. The van der Waals surface area contributed by atoms with Crippen molar-refractivity contribution in [3.05, 3.63) is 60.7 Å². The predicted molar refractivity (Wildman–Crippen MR) is 87.4 cm³/mol. The highest BCUT2D eigenvalue weighted by molar-refractivity contribution is 5.99. The molecule has 4 heteroatoms. The number of nitrogens with one attached hydrogen (secondary N) is 1. The van der Waals surface area contributed by atoms with Crippen LogP contribution in [0.5, 0.6) is 0 Å². The van der Waals surface area contributed by atoms with E-state index < -0.39 is 0 Å². The molecular weight excluding hydrogens is 276 g/mol. The van der Waals surface area contributed by atoms with Crippen LogP contribution < -0.4 is 10.2 Å². The van der Waals surface area contributed by atoms with Gasteiger partial charge in [-0.1, -0.05) is 36.4 Å². The summed E-state index contributed by atoms with van der Waals surface area (Å²) >= 11 is 0. The number of carbonyl (C=O) groups excluding carboxylic acids is 1. The minimum absolute atomic E-state index is 0.132. The van der Waals surface area contributed by atoms with Gasteiger partial charge in [0.1, 0.15) is 0 Å². The van der Waals surface area contributed by atoms with Gasteiger partial charge in [-0.3, -0.25) is 4.90 Å². The number of urea groups is 1. The molecule has 0 bridgehead atoms. The summed E-state index contributed by atoms with van der Waals surface area (Å²) in [5.41, 5.74) is 1.69. The van der Waals surface area contributed by atoms with E-state index in [0.29, 0.717) is 6.54 Å². The van der Waals surface area contributed by atoms with Gasteiger partial charge in [-0.05, 0) is 37.1 Å². The standard InChI is InChI=1S/C18H20N2O2/c21-18(19-14-17-12-7-13-22-17)20(15-8-3-1-4-9-15)16-10-5-2-6-11-16/h1-6,8-11,17H,7,12-14H2,(H,19,21)/t17-/m0/s1. The lowest BCUT2D eigenvalue weighted by molar-refractivity contribution is 0.112. The van der Waals surface area contributed by atoms with Crippen molar-refractivity contribution in [2.24, 2.45) is 0 Å². The molecule has 1 atom stereocenters. The Bertz CT molecular complexity index is 555. The summed E-state index contributed by atoms with van der Waals surface area (Å²) in [5, 5.41) is 2.98. The zero-order chi connectivity index (χ0) is 15.2. The molecule has 2 aromatic rings. The molecule has 0 unspecified atom stereocenters. The van der Waals surface area contributed by atoms with Gasteiger partial charge in [0, 0.05) is 13.2 Å². The second-order valence-electron chi connectivity index (χ2n) is 5.33. The zero-order valence-electron chi connectivity index (χ0n) is 12.4. The van der Waals surface area contributed by atoms with Gasteiger partial charge in [-0.15, -0.1) is 0 Å². The molecule has 0 aromatic heterocycles. The lowest BCUT2D eigenvalue weighted by atomic mass is 10.2. The molecule has 114 valence electrons. The zero-order valence-corrected chi connectivity index (χ0v) is 12.4. The number of anilines is 2. The number of hydrogen-bond acceptors (Lipinski definition) is 2. The van der Waals surface area contributed by atoms with Gasteiger partial charge in [-0.2, -0.15) is 0 Å². The average molecular weight is 296 g/mol. The number of nitrogens with zero attached hydrogens (tertiary/aromatic N) is 1. The van der Waals surface area contributed by atoms with Gasteiger partial charge in [0.25, 0.3) is 0 Å². The van der Waals surface area contributed by atoms with E-state index in [-0.39, 0.29) is 12.1 Å². The number of benzene rings is 2. The third-order valence-electron chi connectivity index (χ3n) is 3.74. The van der Waals surface area contributed by atoms with Crippen molar-refractivity contribution in [1.29, 1.82) is 0 Å². The van der Waals surface area contributed by atoms with Crippen molar-refractivity contribution in [3.8, 4) is 0 Å². The van der Waals surface area contributed by atoms with Crippen LogP contribution in [0.25, 0.3) is 0 Å². The largest absolute Gasteiger partial charge is 0.376 e. The van der Waals surface area contributed by atoms with Crippen LogP contribution in [-0.4, -0.2) is 25.3 Å². The van der Waals surface area contributed by atoms with Gasteiger partial charge >= 0.3 is 6.03 Å². The number of carbonyl (C=O) groups is 1. The maximum Gasteiger partial charge on any atom is 0.326 e. The molecule has 1 aliphatic rings. The Morgan fingerprint density at radius 2 is 1.64 bits per heavy atom. The van der Waals surface area contributed by atoms with Crippen molar-refractivity contribution < 1.29 is 9.53 Å². The predicted octanol–water partition coefficient (Wildman–Crippen LogP) is 3.71. The fourth-order valence-electron chi connectivity index (χ4n) is 2.62. The van der Waals surface area contributed by atoms with E-state index in [1.54, 1.807) is 4.90 Å². The molecule has 3 rings (SSSR count). The van der Waals surface area contributed by atoms with E-state index in [1.807, 2.05) is 60.7 Å². The molecule has 0 saturated carbocycles. The molecule has 0 radical (unpaired) electrons. The van der Waals surface area contributed by atoms with E-state index >= 15 is 0 Å². The highest BCUT2D eigenvalue weighted by atomic mass is 16.5. The monoisotopic (exact) mass is 296 g/mol. The highest BCUT2D eigenvalue weighted by Gasteiger charge is 2.20. The van der Waals surface area contributed by atoms with Gasteiger partial charge in [0.15, 0.2) is 0 Å². The minimum atomic E-state index is -0.132. The van der Waals surface area contributed by atoms with Crippen molar-refractivity contribution in [2.45, 2.75) is 18.9 Å². The second kappa shape index (κ2) is 7.09. The Morgan fingerprint density at radius 1 is 1.05 bits per heavy atom. The molecule has 1 N–H and O–H groups in total. The molecule has 2 amide bonds. The SMILES string of the molecule is O=C(NC[C@@H]1CCCO1)N(c1ccccc1)c1ccccc1. The molecule has 0 spiro atoms. The minimum Gasteiger partial charge on any atom is -0.376 e. The van der Waals surface area contributed by atoms with Crippen LogP contribution in [0.3, 0.4) is 0 Å². The molecule has 1 heterocycles. The lowest BCUT2D eigenvalue weighted by Crippen LogP contribution is -2.40. The van der Waals surface area contributed by atoms with Gasteiger partial charge < -0.3 is 10.1 Å². The van der Waals surface area contributed by atoms with E-state index in [2.05, 4.69) is 5.32 Å². The fraction of sp³-hybridized carbons (Fsp3) is 0.278. The van der Waals surface area contributed by atoms with Crippen LogP contribution in [0.15, 0.2) is 60.7 Å². The Kier molecular flexibility index (Phi) is 4.71. The summed E-state index contributed by atoms with van der Waals surface area (Å²) < 4.78 is 5.56. The first-order valence-corrected chi connectivity index (χ1v) is 7.64. The molecule has 1 fully saturated rings. The second-order valence-corrected chi connectivity index (χ2v) is 5.33. The smallest absolute Gasteiger partial charge is 0.326 e. The van der Waals surface area contributed by atoms with Gasteiger partial charge in [0.05, 0.1) is 17.5 Å². The topological polar surface area (TPSA) is 41.6 Å². The number of ether oxygens (including phenoxy) is 1. The summed E-state index contributed by atoms with van der Waals surface area (Å²) in [4.78, 5) is 14.3. The molecule has 1 aliphatic heterocycles. The van der Waals surface area contributed by atoms with Gasteiger partial charge in [0.2, 0.25) is 0 Å². The van der Waals surface area contributed by atoms with Gasteiger partial charge in [-0.25, -0.2) is 4.79 Å². The first kappa shape index (κ1) is 14.6. The van der Waals surface area contributed by atoms with Crippen LogP contribution in [0.1, 0.15) is 12.8 Å². The Hall–Kier alpha value is -2.33. The maximum atomic E-state index is 12.7. The van der Waals surface area contributed by atoms with Crippen LogP contribution in [0, 0.1) is 0 Å². The maximum absolute atomic E-state index is 12.7. The third kappa shape index (κ3) is 3.46.